The summed E-state index contributed by atoms with van der Waals surface area (Å²) in [4.78, 5) is 11.1. The van der Waals surface area contributed by atoms with Crippen LogP contribution in [0.5, 0.6) is 0 Å². The number of ether oxygens (including phenoxy) is 1. The maximum absolute atomic E-state index is 11.1. The number of hydrogen-bond acceptors (Lipinski definition) is 2. The predicted molar refractivity (Wildman–Crippen MR) is 42.8 cm³/mol. The summed E-state index contributed by atoms with van der Waals surface area (Å²) in [5, 5.41) is 9.12. The Morgan fingerprint density at radius 1 is 1.50 bits per heavy atom. The summed E-state index contributed by atoms with van der Waals surface area (Å²) >= 11 is 0. The Kier molecular flexibility index (Phi) is 1.83. The van der Waals surface area contributed by atoms with Gasteiger partial charge in [0.05, 0.1) is 12.0 Å². The summed E-state index contributed by atoms with van der Waals surface area (Å²) in [6.45, 7) is 1.18. The first-order valence-electron chi connectivity index (χ1n) is 4.57. The van der Waals surface area contributed by atoms with Crippen LogP contribution in [0, 0.1) is 11.3 Å². The van der Waals surface area contributed by atoms with Crippen LogP contribution in [-0.2, 0) is 9.53 Å². The van der Waals surface area contributed by atoms with Gasteiger partial charge in [0.25, 0.3) is 0 Å². The molecule has 0 radical (unpaired) electrons. The number of carboxylic acid groups (broad SMARTS) is 1. The molecular weight excluding hydrogens is 156 g/mol. The average Bonchev–Trinajstić information content (AvgIpc) is 2.88. The summed E-state index contributed by atoms with van der Waals surface area (Å²) in [5.74, 6) is -0.250. The first kappa shape index (κ1) is 8.05. The molecule has 1 aliphatic heterocycles. The fraction of sp³-hybridized carbons (Fsp3) is 0.889. The lowest BCUT2D eigenvalue weighted by atomic mass is 9.78. The van der Waals surface area contributed by atoms with E-state index in [4.69, 9.17) is 9.84 Å². The van der Waals surface area contributed by atoms with Crippen molar-refractivity contribution in [2.75, 3.05) is 13.2 Å². The Morgan fingerprint density at radius 2 is 2.25 bits per heavy atom. The Hall–Kier alpha value is -0.570. The van der Waals surface area contributed by atoms with Crippen molar-refractivity contribution in [2.24, 2.45) is 11.3 Å². The van der Waals surface area contributed by atoms with E-state index in [0.717, 1.165) is 32.3 Å². The second-order valence-electron chi connectivity index (χ2n) is 3.89. The van der Waals surface area contributed by atoms with Crippen molar-refractivity contribution in [3.8, 4) is 0 Å². The molecule has 1 aliphatic carbocycles. The van der Waals surface area contributed by atoms with E-state index in [-0.39, 0.29) is 0 Å². The zero-order valence-corrected chi connectivity index (χ0v) is 7.08. The number of carbonyl (C=O) groups is 1. The van der Waals surface area contributed by atoms with Crippen LogP contribution in [0.1, 0.15) is 25.7 Å². The number of carboxylic acids is 1. The Labute approximate surface area is 71.7 Å². The SMILES string of the molecule is O=C(O)C1(C2CC2)CCCOC1. The lowest BCUT2D eigenvalue weighted by Crippen LogP contribution is -2.41. The Balaban J connectivity index is 2.13. The van der Waals surface area contributed by atoms with Crippen LogP contribution in [-0.4, -0.2) is 24.3 Å². The van der Waals surface area contributed by atoms with Gasteiger partial charge in [0, 0.05) is 6.61 Å². The first-order valence-corrected chi connectivity index (χ1v) is 4.57. The molecule has 68 valence electrons. The third kappa shape index (κ3) is 1.12. The minimum Gasteiger partial charge on any atom is -0.481 e. The van der Waals surface area contributed by atoms with Gasteiger partial charge < -0.3 is 9.84 Å². The molecule has 2 fully saturated rings. The molecule has 1 N–H and O–H groups in total. The molecule has 0 aromatic carbocycles. The van der Waals surface area contributed by atoms with Crippen molar-refractivity contribution >= 4 is 5.97 Å². The maximum Gasteiger partial charge on any atom is 0.312 e. The van der Waals surface area contributed by atoms with E-state index in [2.05, 4.69) is 0 Å². The molecule has 0 aromatic rings. The summed E-state index contributed by atoms with van der Waals surface area (Å²) < 4.78 is 5.27. The molecule has 0 aromatic heterocycles. The largest absolute Gasteiger partial charge is 0.481 e. The number of rotatable bonds is 2. The van der Waals surface area contributed by atoms with Crippen molar-refractivity contribution in [3.05, 3.63) is 0 Å². The van der Waals surface area contributed by atoms with Crippen LogP contribution < -0.4 is 0 Å². The molecule has 1 saturated heterocycles. The van der Waals surface area contributed by atoms with Gasteiger partial charge in [0.2, 0.25) is 0 Å². The summed E-state index contributed by atoms with van der Waals surface area (Å²) in [7, 11) is 0. The maximum atomic E-state index is 11.1. The van der Waals surface area contributed by atoms with E-state index in [1.165, 1.54) is 0 Å². The average molecular weight is 170 g/mol. The second-order valence-corrected chi connectivity index (χ2v) is 3.89. The zero-order valence-electron chi connectivity index (χ0n) is 7.08. The molecule has 1 heterocycles. The minimum atomic E-state index is -0.648. The Morgan fingerprint density at radius 3 is 2.67 bits per heavy atom. The molecule has 1 unspecified atom stereocenters. The first-order chi connectivity index (χ1) is 5.76. The highest BCUT2D eigenvalue weighted by Crippen LogP contribution is 2.50. The van der Waals surface area contributed by atoms with Crippen molar-refractivity contribution in [2.45, 2.75) is 25.7 Å². The molecule has 3 heteroatoms. The van der Waals surface area contributed by atoms with E-state index in [1.54, 1.807) is 0 Å². The zero-order chi connectivity index (χ0) is 8.60. The quantitative estimate of drug-likeness (QED) is 0.679. The van der Waals surface area contributed by atoms with Crippen molar-refractivity contribution in [1.82, 2.24) is 0 Å². The fourth-order valence-corrected chi connectivity index (χ4v) is 2.12. The number of hydrogen-bond donors (Lipinski definition) is 1. The van der Waals surface area contributed by atoms with Crippen LogP contribution in [0.2, 0.25) is 0 Å². The van der Waals surface area contributed by atoms with E-state index < -0.39 is 11.4 Å². The van der Waals surface area contributed by atoms with Crippen LogP contribution in [0.15, 0.2) is 0 Å². The van der Waals surface area contributed by atoms with Gasteiger partial charge in [-0.15, -0.1) is 0 Å². The molecule has 0 bridgehead atoms. The molecule has 2 aliphatic rings. The monoisotopic (exact) mass is 170 g/mol. The third-order valence-electron chi connectivity index (χ3n) is 3.06. The van der Waals surface area contributed by atoms with Gasteiger partial charge in [-0.1, -0.05) is 0 Å². The topological polar surface area (TPSA) is 46.5 Å². The molecule has 1 atom stereocenters. The van der Waals surface area contributed by atoms with Crippen LogP contribution >= 0.6 is 0 Å². The molecule has 1 saturated carbocycles. The van der Waals surface area contributed by atoms with Gasteiger partial charge >= 0.3 is 5.97 Å². The molecule has 2 rings (SSSR count). The highest BCUT2D eigenvalue weighted by molar-refractivity contribution is 5.75. The summed E-state index contributed by atoms with van der Waals surface area (Å²) in [5.41, 5.74) is -0.516. The van der Waals surface area contributed by atoms with Crippen LogP contribution in [0.25, 0.3) is 0 Å². The lowest BCUT2D eigenvalue weighted by molar-refractivity contribution is -0.159. The van der Waals surface area contributed by atoms with Gasteiger partial charge in [0.1, 0.15) is 0 Å². The lowest BCUT2D eigenvalue weighted by Gasteiger charge is -2.32. The standard InChI is InChI=1S/C9H14O3/c10-8(11)9(7-2-3-7)4-1-5-12-6-9/h7H,1-6H2,(H,10,11). The van der Waals surface area contributed by atoms with E-state index >= 15 is 0 Å². The molecule has 3 nitrogen and oxygen atoms in total. The molecule has 12 heavy (non-hydrogen) atoms. The van der Waals surface area contributed by atoms with Gasteiger partial charge in [-0.05, 0) is 31.6 Å². The van der Waals surface area contributed by atoms with Crippen molar-refractivity contribution in [3.63, 3.8) is 0 Å². The van der Waals surface area contributed by atoms with Crippen LogP contribution in [0.4, 0.5) is 0 Å². The summed E-state index contributed by atoms with van der Waals surface area (Å²) in [6, 6.07) is 0. The minimum absolute atomic E-state index is 0.398. The predicted octanol–water partition coefficient (Wildman–Crippen LogP) is 1.28. The van der Waals surface area contributed by atoms with Crippen molar-refractivity contribution < 1.29 is 14.6 Å². The molecular formula is C9H14O3. The van der Waals surface area contributed by atoms with Gasteiger partial charge in [0.15, 0.2) is 0 Å². The van der Waals surface area contributed by atoms with Gasteiger partial charge in [-0.2, -0.15) is 0 Å². The van der Waals surface area contributed by atoms with E-state index in [9.17, 15) is 4.79 Å². The Bertz CT molecular complexity index is 190. The fourth-order valence-electron chi connectivity index (χ4n) is 2.12. The second kappa shape index (κ2) is 2.73. The highest BCUT2D eigenvalue weighted by Gasteiger charge is 2.51. The molecule has 0 amide bonds. The molecule has 0 spiro atoms. The summed E-state index contributed by atoms with van der Waals surface area (Å²) in [6.07, 6.45) is 3.88. The smallest absolute Gasteiger partial charge is 0.312 e. The van der Waals surface area contributed by atoms with Gasteiger partial charge in [-0.25, -0.2) is 0 Å². The number of aliphatic carboxylic acids is 1. The van der Waals surface area contributed by atoms with Crippen LogP contribution in [0.3, 0.4) is 0 Å². The van der Waals surface area contributed by atoms with Gasteiger partial charge in [-0.3, -0.25) is 4.79 Å². The third-order valence-corrected chi connectivity index (χ3v) is 3.06. The normalized spacial score (nSPS) is 36.3. The van der Waals surface area contributed by atoms with E-state index in [0.29, 0.717) is 12.5 Å². The van der Waals surface area contributed by atoms with Crippen molar-refractivity contribution in [1.29, 1.82) is 0 Å². The van der Waals surface area contributed by atoms with E-state index in [1.807, 2.05) is 0 Å². The highest BCUT2D eigenvalue weighted by atomic mass is 16.5.